The molecule has 0 saturated carbocycles. The average Bonchev–Trinajstić information content (AvgIpc) is 3.20. The molecular weight excluding hydrogens is 350 g/mol. The topological polar surface area (TPSA) is 63.2 Å². The second-order valence-corrected chi connectivity index (χ2v) is 6.85. The summed E-state index contributed by atoms with van der Waals surface area (Å²) < 4.78 is 10.9. The molecule has 2 rings (SSSR count). The third-order valence-corrected chi connectivity index (χ3v) is 4.54. The first-order valence-corrected chi connectivity index (χ1v) is 10.2. The van der Waals surface area contributed by atoms with Gasteiger partial charge in [0, 0.05) is 11.6 Å². The maximum atomic E-state index is 12.1. The van der Waals surface area contributed by atoms with Crippen molar-refractivity contribution in [2.45, 2.75) is 58.3 Å². The number of hydrogen-bond acceptors (Lipinski definition) is 4. The van der Waals surface area contributed by atoms with Crippen LogP contribution in [0, 0.1) is 11.3 Å². The van der Waals surface area contributed by atoms with E-state index in [9.17, 15) is 10.1 Å². The Kier molecular flexibility index (Phi) is 9.65. The lowest BCUT2D eigenvalue weighted by atomic mass is 10.1. The maximum absolute atomic E-state index is 12.1. The van der Waals surface area contributed by atoms with Crippen LogP contribution in [-0.4, -0.2) is 12.6 Å². The number of furan rings is 1. The molecule has 4 heteroatoms. The lowest BCUT2D eigenvalue weighted by Crippen LogP contribution is -2.07. The van der Waals surface area contributed by atoms with Crippen molar-refractivity contribution in [3.05, 3.63) is 53.8 Å². The molecule has 0 atom stereocenters. The zero-order valence-electron chi connectivity index (χ0n) is 16.7. The highest BCUT2D eigenvalue weighted by Crippen LogP contribution is 2.23. The number of nitriles is 1. The fraction of sp³-hybridized carbons (Fsp3) is 0.417. The number of carbonyl (C=O) groups excluding carboxylic acids is 1. The molecule has 1 aromatic carbocycles. The molecule has 4 nitrogen and oxygen atoms in total. The monoisotopic (exact) mass is 379 g/mol. The second kappa shape index (κ2) is 12.6. The first-order valence-electron chi connectivity index (χ1n) is 10.2. The van der Waals surface area contributed by atoms with Gasteiger partial charge in [-0.3, -0.25) is 0 Å². The third-order valence-electron chi connectivity index (χ3n) is 4.54. The van der Waals surface area contributed by atoms with Gasteiger partial charge in [-0.2, -0.15) is 5.26 Å². The number of ether oxygens (including phenoxy) is 1. The molecule has 1 heterocycles. The summed E-state index contributed by atoms with van der Waals surface area (Å²) in [5.41, 5.74) is 0.895. The second-order valence-electron chi connectivity index (χ2n) is 6.85. The molecule has 0 unspecified atom stereocenters. The molecule has 0 radical (unpaired) electrons. The Bertz CT molecular complexity index is 784. The summed E-state index contributed by atoms with van der Waals surface area (Å²) >= 11 is 0. The SMILES string of the molecule is CCCCCCCCCCOC(=O)C(C#N)=Cc1ccc(-c2ccccc2)o1. The molecule has 0 spiro atoms. The fourth-order valence-corrected chi connectivity index (χ4v) is 2.95. The fourth-order valence-electron chi connectivity index (χ4n) is 2.95. The standard InChI is InChI=1S/C24H29NO3/c1-2-3-4-5-6-7-8-12-17-27-24(26)21(19-25)18-22-15-16-23(28-22)20-13-10-9-11-14-20/h9-11,13-16,18H,2-8,12,17H2,1H3. The van der Waals surface area contributed by atoms with Gasteiger partial charge in [-0.15, -0.1) is 0 Å². The zero-order valence-corrected chi connectivity index (χ0v) is 16.7. The van der Waals surface area contributed by atoms with Crippen LogP contribution in [0.25, 0.3) is 17.4 Å². The van der Waals surface area contributed by atoms with Crippen molar-refractivity contribution >= 4 is 12.0 Å². The number of benzene rings is 1. The number of carbonyl (C=O) groups is 1. The summed E-state index contributed by atoms with van der Waals surface area (Å²) in [4.78, 5) is 12.1. The van der Waals surface area contributed by atoms with E-state index in [1.165, 1.54) is 38.2 Å². The summed E-state index contributed by atoms with van der Waals surface area (Å²) in [6.07, 6.45) is 10.9. The van der Waals surface area contributed by atoms with Crippen LogP contribution in [-0.2, 0) is 9.53 Å². The molecule has 0 bridgehead atoms. The Labute approximate surface area is 167 Å². The van der Waals surface area contributed by atoms with E-state index in [4.69, 9.17) is 9.15 Å². The molecule has 148 valence electrons. The van der Waals surface area contributed by atoms with Crippen molar-refractivity contribution < 1.29 is 13.9 Å². The maximum Gasteiger partial charge on any atom is 0.349 e. The highest BCUT2D eigenvalue weighted by atomic mass is 16.5. The van der Waals surface area contributed by atoms with E-state index < -0.39 is 5.97 Å². The van der Waals surface area contributed by atoms with Gasteiger partial charge < -0.3 is 9.15 Å². The van der Waals surface area contributed by atoms with E-state index in [-0.39, 0.29) is 5.57 Å². The highest BCUT2D eigenvalue weighted by molar-refractivity contribution is 5.97. The lowest BCUT2D eigenvalue weighted by Gasteiger charge is -2.04. The first-order chi connectivity index (χ1) is 13.7. The smallest absolute Gasteiger partial charge is 0.349 e. The first kappa shape index (κ1) is 21.5. The largest absolute Gasteiger partial charge is 0.462 e. The minimum absolute atomic E-state index is 0.0477. The Hall–Kier alpha value is -2.80. The Morgan fingerprint density at radius 1 is 1.00 bits per heavy atom. The minimum atomic E-state index is -0.594. The molecule has 0 N–H and O–H groups in total. The summed E-state index contributed by atoms with van der Waals surface area (Å²) in [6.45, 7) is 2.56. The van der Waals surface area contributed by atoms with Crippen LogP contribution in [0.3, 0.4) is 0 Å². The van der Waals surface area contributed by atoms with Gasteiger partial charge in [-0.05, 0) is 18.6 Å². The summed E-state index contributed by atoms with van der Waals surface area (Å²) in [6, 6.07) is 15.1. The quantitative estimate of drug-likeness (QED) is 0.182. The van der Waals surface area contributed by atoms with Crippen LogP contribution >= 0.6 is 0 Å². The molecule has 28 heavy (non-hydrogen) atoms. The molecule has 0 aliphatic rings. The molecule has 2 aromatic rings. The van der Waals surface area contributed by atoms with Crippen LogP contribution < -0.4 is 0 Å². The van der Waals surface area contributed by atoms with E-state index in [0.29, 0.717) is 18.1 Å². The van der Waals surface area contributed by atoms with Crippen molar-refractivity contribution in [3.63, 3.8) is 0 Å². The summed E-state index contributed by atoms with van der Waals surface area (Å²) in [7, 11) is 0. The minimum Gasteiger partial charge on any atom is -0.462 e. The van der Waals surface area contributed by atoms with E-state index in [1.807, 2.05) is 42.5 Å². The predicted molar refractivity (Wildman–Crippen MR) is 111 cm³/mol. The number of nitrogens with zero attached hydrogens (tertiary/aromatic N) is 1. The molecule has 0 amide bonds. The molecule has 0 aliphatic heterocycles. The molecule has 0 aliphatic carbocycles. The third kappa shape index (κ3) is 7.44. The zero-order chi connectivity index (χ0) is 20.0. The van der Waals surface area contributed by atoms with E-state index in [0.717, 1.165) is 24.8 Å². The van der Waals surface area contributed by atoms with E-state index >= 15 is 0 Å². The van der Waals surface area contributed by atoms with Crippen LogP contribution in [0.4, 0.5) is 0 Å². The van der Waals surface area contributed by atoms with Gasteiger partial charge in [-0.25, -0.2) is 4.79 Å². The van der Waals surface area contributed by atoms with Gasteiger partial charge in [0.05, 0.1) is 6.61 Å². The predicted octanol–water partition coefficient (Wildman–Crippen LogP) is 6.54. The summed E-state index contributed by atoms with van der Waals surface area (Å²) in [5, 5.41) is 9.26. The molecule has 0 saturated heterocycles. The van der Waals surface area contributed by atoms with Gasteiger partial charge in [0.1, 0.15) is 23.2 Å². The van der Waals surface area contributed by atoms with Gasteiger partial charge in [-0.1, -0.05) is 82.2 Å². The van der Waals surface area contributed by atoms with Crippen LogP contribution in [0.15, 0.2) is 52.5 Å². The Morgan fingerprint density at radius 2 is 1.68 bits per heavy atom. The molecular formula is C24H29NO3. The molecule has 1 aromatic heterocycles. The van der Waals surface area contributed by atoms with Gasteiger partial charge in [0.25, 0.3) is 0 Å². The summed E-state index contributed by atoms with van der Waals surface area (Å²) in [5.74, 6) is 0.555. The van der Waals surface area contributed by atoms with Crippen LogP contribution in [0.2, 0.25) is 0 Å². The van der Waals surface area contributed by atoms with Gasteiger partial charge in [0.2, 0.25) is 0 Å². The number of rotatable bonds is 12. The van der Waals surface area contributed by atoms with E-state index in [2.05, 4.69) is 6.92 Å². The van der Waals surface area contributed by atoms with Gasteiger partial charge >= 0.3 is 5.97 Å². The van der Waals surface area contributed by atoms with Gasteiger partial charge in [0.15, 0.2) is 0 Å². The van der Waals surface area contributed by atoms with Crippen molar-refractivity contribution in [1.29, 1.82) is 5.26 Å². The van der Waals surface area contributed by atoms with Crippen LogP contribution in [0.5, 0.6) is 0 Å². The van der Waals surface area contributed by atoms with Crippen LogP contribution in [0.1, 0.15) is 64.1 Å². The average molecular weight is 380 g/mol. The van der Waals surface area contributed by atoms with Crippen molar-refractivity contribution in [2.24, 2.45) is 0 Å². The Balaban J connectivity index is 1.76. The van der Waals surface area contributed by atoms with E-state index in [1.54, 1.807) is 6.07 Å². The number of esters is 1. The Morgan fingerprint density at radius 3 is 2.36 bits per heavy atom. The van der Waals surface area contributed by atoms with Crippen molar-refractivity contribution in [3.8, 4) is 17.4 Å². The lowest BCUT2D eigenvalue weighted by molar-refractivity contribution is -0.138. The van der Waals surface area contributed by atoms with Crippen molar-refractivity contribution in [1.82, 2.24) is 0 Å². The normalized spacial score (nSPS) is 11.2. The highest BCUT2D eigenvalue weighted by Gasteiger charge is 2.12. The molecule has 0 fully saturated rings. The number of unbranched alkanes of at least 4 members (excludes halogenated alkanes) is 7. The van der Waals surface area contributed by atoms with Crippen molar-refractivity contribution in [2.75, 3.05) is 6.61 Å². The number of hydrogen-bond donors (Lipinski definition) is 0.